The zero-order chi connectivity index (χ0) is 14.5. The van der Waals surface area contributed by atoms with Gasteiger partial charge in [-0.3, -0.25) is 4.79 Å². The number of hydrogen-bond acceptors (Lipinski definition) is 3. The maximum absolute atomic E-state index is 11.9. The van der Waals surface area contributed by atoms with E-state index in [0.29, 0.717) is 22.8 Å². The Morgan fingerprint density at radius 1 is 1.33 bits per heavy atom. The summed E-state index contributed by atoms with van der Waals surface area (Å²) in [5, 5.41) is 3.09. The van der Waals surface area contributed by atoms with Crippen LogP contribution in [0.5, 0.6) is 0 Å². The van der Waals surface area contributed by atoms with Gasteiger partial charge in [-0.15, -0.1) is 23.7 Å². The van der Waals surface area contributed by atoms with Gasteiger partial charge in [0.25, 0.3) is 0 Å². The topological polar surface area (TPSA) is 55.1 Å². The van der Waals surface area contributed by atoms with Crippen molar-refractivity contribution in [1.29, 1.82) is 0 Å². The molecule has 7 heteroatoms. The van der Waals surface area contributed by atoms with E-state index >= 15 is 0 Å². The van der Waals surface area contributed by atoms with Gasteiger partial charge in [0, 0.05) is 18.5 Å². The molecule has 0 spiro atoms. The number of nitrogens with one attached hydrogen (secondary N) is 1. The number of rotatable bonds is 5. The second kappa shape index (κ2) is 9.21. The molecule has 1 aliphatic carbocycles. The summed E-state index contributed by atoms with van der Waals surface area (Å²) in [5.41, 5.74) is 6.89. The molecule has 3 N–H and O–H groups in total. The van der Waals surface area contributed by atoms with Gasteiger partial charge in [-0.2, -0.15) is 0 Å². The van der Waals surface area contributed by atoms with Gasteiger partial charge in [0.05, 0.1) is 8.67 Å². The third-order valence-electron chi connectivity index (χ3n) is 3.71. The third kappa shape index (κ3) is 6.33. The molecular weight excluding hydrogens is 351 g/mol. The van der Waals surface area contributed by atoms with Crippen molar-refractivity contribution < 1.29 is 4.79 Å². The molecule has 21 heavy (non-hydrogen) atoms. The highest BCUT2D eigenvalue weighted by Crippen LogP contribution is 2.32. The van der Waals surface area contributed by atoms with Gasteiger partial charge in [0.2, 0.25) is 5.91 Å². The van der Waals surface area contributed by atoms with Crippen LogP contribution in [-0.2, 0) is 11.2 Å². The van der Waals surface area contributed by atoms with E-state index in [0.717, 1.165) is 48.4 Å². The van der Waals surface area contributed by atoms with Crippen molar-refractivity contribution in [3.05, 3.63) is 20.3 Å². The van der Waals surface area contributed by atoms with Crippen molar-refractivity contribution in [2.24, 2.45) is 5.73 Å². The lowest BCUT2D eigenvalue weighted by Crippen LogP contribution is -2.40. The molecule has 1 saturated carbocycles. The molecule has 1 amide bonds. The normalized spacial score (nSPS) is 21.7. The molecular formula is C14H21Cl3N2OS. The molecule has 0 saturated heterocycles. The van der Waals surface area contributed by atoms with E-state index in [1.807, 2.05) is 6.07 Å². The third-order valence-corrected chi connectivity index (χ3v) is 5.28. The second-order valence-electron chi connectivity index (χ2n) is 5.38. The average Bonchev–Trinajstić information content (AvgIpc) is 2.71. The standard InChI is InChI=1S/C14H20Cl2N2OS.ClH/c15-12-8-9(14(16)20-12)2-1-3-13(19)18-11-6-4-10(17)5-7-11;/h8,10-11H,1-7,17H2,(H,18,19);1H. The Balaban J connectivity index is 0.00000220. The predicted molar refractivity (Wildman–Crippen MR) is 92.9 cm³/mol. The van der Waals surface area contributed by atoms with E-state index in [-0.39, 0.29) is 18.3 Å². The van der Waals surface area contributed by atoms with Crippen molar-refractivity contribution in [3.63, 3.8) is 0 Å². The number of thiophene rings is 1. The maximum atomic E-state index is 11.9. The molecule has 0 aromatic carbocycles. The van der Waals surface area contributed by atoms with Gasteiger partial charge in [-0.25, -0.2) is 0 Å². The Morgan fingerprint density at radius 3 is 2.57 bits per heavy atom. The summed E-state index contributed by atoms with van der Waals surface area (Å²) in [6.45, 7) is 0. The van der Waals surface area contributed by atoms with Crippen LogP contribution in [0.15, 0.2) is 6.07 Å². The molecule has 1 aromatic heterocycles. The minimum atomic E-state index is 0. The summed E-state index contributed by atoms with van der Waals surface area (Å²) in [7, 11) is 0. The van der Waals surface area contributed by atoms with E-state index in [9.17, 15) is 4.79 Å². The first-order chi connectivity index (χ1) is 9.54. The Labute approximate surface area is 146 Å². The fourth-order valence-electron chi connectivity index (χ4n) is 2.55. The molecule has 0 radical (unpaired) electrons. The summed E-state index contributed by atoms with van der Waals surface area (Å²) in [5.74, 6) is 0.128. The van der Waals surface area contributed by atoms with Crippen LogP contribution in [0.25, 0.3) is 0 Å². The lowest BCUT2D eigenvalue weighted by Gasteiger charge is -2.26. The number of aryl methyl sites for hydroxylation is 1. The van der Waals surface area contributed by atoms with Crippen LogP contribution >= 0.6 is 46.9 Å². The van der Waals surface area contributed by atoms with E-state index < -0.39 is 0 Å². The second-order valence-corrected chi connectivity index (χ2v) is 7.67. The van der Waals surface area contributed by atoms with Crippen LogP contribution in [-0.4, -0.2) is 18.0 Å². The fourth-order valence-corrected chi connectivity index (χ4v) is 4.09. The molecule has 3 nitrogen and oxygen atoms in total. The molecule has 2 rings (SSSR count). The molecule has 1 aliphatic rings. The highest BCUT2D eigenvalue weighted by molar-refractivity contribution is 7.20. The molecule has 1 fully saturated rings. The number of nitrogens with two attached hydrogens (primary N) is 1. The quantitative estimate of drug-likeness (QED) is 0.815. The number of amides is 1. The van der Waals surface area contributed by atoms with E-state index in [2.05, 4.69) is 5.32 Å². The average molecular weight is 372 g/mol. The van der Waals surface area contributed by atoms with Crippen molar-refractivity contribution >= 4 is 52.9 Å². The Kier molecular flexibility index (Phi) is 8.35. The number of hydrogen-bond donors (Lipinski definition) is 2. The highest BCUT2D eigenvalue weighted by Gasteiger charge is 2.19. The first kappa shape index (κ1) is 19.0. The molecule has 0 atom stereocenters. The minimum Gasteiger partial charge on any atom is -0.353 e. The van der Waals surface area contributed by atoms with Crippen LogP contribution in [0.4, 0.5) is 0 Å². The Morgan fingerprint density at radius 2 is 2.00 bits per heavy atom. The Hall–Kier alpha value is -0.0000000000000000555. The summed E-state index contributed by atoms with van der Waals surface area (Å²) in [6.07, 6.45) is 6.14. The molecule has 1 aromatic rings. The van der Waals surface area contributed by atoms with E-state index in [1.54, 1.807) is 0 Å². The van der Waals surface area contributed by atoms with Crippen LogP contribution in [0.2, 0.25) is 8.67 Å². The van der Waals surface area contributed by atoms with Crippen molar-refractivity contribution in [2.45, 2.75) is 57.0 Å². The number of carbonyl (C=O) groups excluding carboxylic acids is 1. The zero-order valence-electron chi connectivity index (χ0n) is 11.7. The van der Waals surface area contributed by atoms with E-state index in [4.69, 9.17) is 28.9 Å². The summed E-state index contributed by atoms with van der Waals surface area (Å²) in [4.78, 5) is 11.9. The number of halogens is 3. The summed E-state index contributed by atoms with van der Waals surface area (Å²) < 4.78 is 1.43. The molecule has 0 unspecified atom stereocenters. The van der Waals surface area contributed by atoms with Crippen molar-refractivity contribution in [2.75, 3.05) is 0 Å². The van der Waals surface area contributed by atoms with Crippen LogP contribution in [0.1, 0.15) is 44.1 Å². The van der Waals surface area contributed by atoms with Gasteiger partial charge in [0.15, 0.2) is 0 Å². The molecule has 120 valence electrons. The van der Waals surface area contributed by atoms with Crippen molar-refractivity contribution in [1.82, 2.24) is 5.32 Å². The number of carbonyl (C=O) groups is 1. The van der Waals surface area contributed by atoms with Gasteiger partial charge in [-0.1, -0.05) is 23.2 Å². The smallest absolute Gasteiger partial charge is 0.220 e. The monoisotopic (exact) mass is 370 g/mol. The van der Waals surface area contributed by atoms with Crippen molar-refractivity contribution in [3.8, 4) is 0 Å². The zero-order valence-corrected chi connectivity index (χ0v) is 14.9. The van der Waals surface area contributed by atoms with Gasteiger partial charge in [-0.05, 0) is 50.2 Å². The minimum absolute atomic E-state index is 0. The lowest BCUT2D eigenvalue weighted by molar-refractivity contribution is -0.122. The van der Waals surface area contributed by atoms with Crippen LogP contribution < -0.4 is 11.1 Å². The van der Waals surface area contributed by atoms with Gasteiger partial charge < -0.3 is 11.1 Å². The van der Waals surface area contributed by atoms with Gasteiger partial charge in [0.1, 0.15) is 0 Å². The van der Waals surface area contributed by atoms with Gasteiger partial charge >= 0.3 is 0 Å². The first-order valence-electron chi connectivity index (χ1n) is 7.03. The SMILES string of the molecule is Cl.NC1CCC(NC(=O)CCCc2cc(Cl)sc2Cl)CC1. The van der Waals surface area contributed by atoms with E-state index in [1.165, 1.54) is 11.3 Å². The summed E-state index contributed by atoms with van der Waals surface area (Å²) >= 11 is 13.3. The predicted octanol–water partition coefficient (Wildman–Crippen LogP) is 4.19. The summed E-state index contributed by atoms with van der Waals surface area (Å²) in [6, 6.07) is 2.50. The Bertz CT molecular complexity index is 459. The molecule has 1 heterocycles. The van der Waals surface area contributed by atoms with Crippen LogP contribution in [0, 0.1) is 0 Å². The largest absolute Gasteiger partial charge is 0.353 e. The fraction of sp³-hybridized carbons (Fsp3) is 0.643. The first-order valence-corrected chi connectivity index (χ1v) is 8.60. The molecule has 0 aliphatic heterocycles. The van der Waals surface area contributed by atoms with Crippen LogP contribution in [0.3, 0.4) is 0 Å². The molecule has 0 bridgehead atoms. The highest BCUT2D eigenvalue weighted by atomic mass is 35.5. The maximum Gasteiger partial charge on any atom is 0.220 e. The lowest BCUT2D eigenvalue weighted by atomic mass is 9.92.